The molecule has 2 aromatic rings. The highest BCUT2D eigenvalue weighted by Crippen LogP contribution is 2.14. The highest BCUT2D eigenvalue weighted by atomic mass is 16.5. The quantitative estimate of drug-likeness (QED) is 0.842. The Hall–Kier alpha value is -2.18. The van der Waals surface area contributed by atoms with Crippen LogP contribution in [0.4, 0.5) is 10.6 Å². The number of aromatic amines is 1. The van der Waals surface area contributed by atoms with E-state index in [1.54, 1.807) is 0 Å². The van der Waals surface area contributed by atoms with E-state index in [1.807, 2.05) is 13.8 Å². The number of nitrogens with one attached hydrogen (secondary N) is 2. The van der Waals surface area contributed by atoms with E-state index < -0.39 is 6.09 Å². The second-order valence-electron chi connectivity index (χ2n) is 3.94. The van der Waals surface area contributed by atoms with Gasteiger partial charge in [-0.15, -0.1) is 0 Å². The van der Waals surface area contributed by atoms with Gasteiger partial charge in [-0.05, 0) is 5.92 Å². The fourth-order valence-corrected chi connectivity index (χ4v) is 1.23. The summed E-state index contributed by atoms with van der Waals surface area (Å²) < 4.78 is 4.99. The molecule has 0 fully saturated rings. The summed E-state index contributed by atoms with van der Waals surface area (Å²) in [6.07, 6.45) is 2.29. The Morgan fingerprint density at radius 2 is 2.29 bits per heavy atom. The van der Waals surface area contributed by atoms with E-state index in [0.717, 1.165) is 0 Å². The van der Waals surface area contributed by atoms with Crippen LogP contribution in [0.3, 0.4) is 0 Å². The van der Waals surface area contributed by atoms with Crippen molar-refractivity contribution in [3.63, 3.8) is 0 Å². The van der Waals surface area contributed by atoms with Gasteiger partial charge in [0.15, 0.2) is 11.5 Å². The number of hydrogen-bond acceptors (Lipinski definition) is 5. The Labute approximate surface area is 97.6 Å². The van der Waals surface area contributed by atoms with Gasteiger partial charge in [-0.25, -0.2) is 19.7 Å². The van der Waals surface area contributed by atoms with Gasteiger partial charge < -0.3 is 9.72 Å². The van der Waals surface area contributed by atoms with Crippen LogP contribution in [-0.2, 0) is 4.74 Å². The third-order valence-electron chi connectivity index (χ3n) is 1.99. The van der Waals surface area contributed by atoms with Gasteiger partial charge in [0.25, 0.3) is 0 Å². The third kappa shape index (κ3) is 2.68. The Kier molecular flexibility index (Phi) is 3.17. The average Bonchev–Trinajstić information content (AvgIpc) is 2.75. The first kappa shape index (κ1) is 11.3. The van der Waals surface area contributed by atoms with Crippen LogP contribution < -0.4 is 5.32 Å². The monoisotopic (exact) mass is 235 g/mol. The van der Waals surface area contributed by atoms with Crippen LogP contribution in [0.2, 0.25) is 0 Å². The Morgan fingerprint density at radius 1 is 1.47 bits per heavy atom. The van der Waals surface area contributed by atoms with Gasteiger partial charge in [-0.3, -0.25) is 5.32 Å². The molecule has 0 aliphatic heterocycles. The average molecular weight is 235 g/mol. The SMILES string of the molecule is CC(C)COC(=O)Nc1ncnc2nc[nH]c12. The Balaban J connectivity index is 2.08. The zero-order valence-electron chi connectivity index (χ0n) is 9.60. The molecule has 0 aromatic carbocycles. The number of fused-ring (bicyclic) bond motifs is 1. The lowest BCUT2D eigenvalue weighted by atomic mass is 10.2. The molecule has 2 heterocycles. The summed E-state index contributed by atoms with van der Waals surface area (Å²) in [6, 6.07) is 0. The molecule has 0 spiro atoms. The number of amides is 1. The zero-order valence-corrected chi connectivity index (χ0v) is 9.60. The maximum Gasteiger partial charge on any atom is 0.412 e. The van der Waals surface area contributed by atoms with Crippen LogP contribution >= 0.6 is 0 Å². The van der Waals surface area contributed by atoms with Crippen molar-refractivity contribution in [2.75, 3.05) is 11.9 Å². The molecule has 2 N–H and O–H groups in total. The van der Waals surface area contributed by atoms with E-state index in [0.29, 0.717) is 29.5 Å². The summed E-state index contributed by atoms with van der Waals surface area (Å²) in [6.45, 7) is 4.29. The number of hydrogen-bond donors (Lipinski definition) is 2. The summed E-state index contributed by atoms with van der Waals surface area (Å²) in [5.74, 6) is 0.652. The summed E-state index contributed by atoms with van der Waals surface area (Å²) >= 11 is 0. The largest absolute Gasteiger partial charge is 0.449 e. The van der Waals surface area contributed by atoms with Gasteiger partial charge in [-0.1, -0.05) is 13.8 Å². The Morgan fingerprint density at radius 3 is 3.06 bits per heavy atom. The van der Waals surface area contributed by atoms with E-state index in [2.05, 4.69) is 25.3 Å². The molecular formula is C10H13N5O2. The third-order valence-corrected chi connectivity index (χ3v) is 1.99. The van der Waals surface area contributed by atoms with Crippen molar-refractivity contribution in [3.05, 3.63) is 12.7 Å². The topological polar surface area (TPSA) is 92.8 Å². The molecule has 0 saturated carbocycles. The van der Waals surface area contributed by atoms with Crippen molar-refractivity contribution >= 4 is 23.1 Å². The maximum atomic E-state index is 11.5. The number of aromatic nitrogens is 4. The number of rotatable bonds is 3. The standard InChI is InChI=1S/C10H13N5O2/c1-6(2)3-17-10(16)15-9-7-8(12-4-11-7)13-5-14-9/h4-6H,3H2,1-2H3,(H2,11,12,13,14,15,16). The lowest BCUT2D eigenvalue weighted by molar-refractivity contribution is 0.147. The molecular weight excluding hydrogens is 222 g/mol. The van der Waals surface area contributed by atoms with Crippen molar-refractivity contribution in [2.24, 2.45) is 5.92 Å². The van der Waals surface area contributed by atoms with Crippen molar-refractivity contribution in [2.45, 2.75) is 13.8 Å². The first-order valence-electron chi connectivity index (χ1n) is 5.24. The van der Waals surface area contributed by atoms with Crippen LogP contribution in [0.5, 0.6) is 0 Å². The molecule has 2 rings (SSSR count). The predicted molar refractivity (Wildman–Crippen MR) is 61.5 cm³/mol. The minimum absolute atomic E-state index is 0.290. The van der Waals surface area contributed by atoms with Crippen molar-refractivity contribution in [3.8, 4) is 0 Å². The van der Waals surface area contributed by atoms with E-state index in [1.165, 1.54) is 12.7 Å². The second kappa shape index (κ2) is 4.77. The minimum Gasteiger partial charge on any atom is -0.449 e. The molecule has 0 aliphatic carbocycles. The summed E-state index contributed by atoms with van der Waals surface area (Å²) in [5.41, 5.74) is 1.08. The molecule has 0 aliphatic rings. The normalized spacial score (nSPS) is 10.8. The van der Waals surface area contributed by atoms with E-state index >= 15 is 0 Å². The molecule has 0 bridgehead atoms. The molecule has 7 heteroatoms. The summed E-state index contributed by atoms with van der Waals surface area (Å²) in [4.78, 5) is 26.2. The van der Waals surface area contributed by atoms with Gasteiger partial charge >= 0.3 is 6.09 Å². The second-order valence-corrected chi connectivity index (χ2v) is 3.94. The zero-order chi connectivity index (χ0) is 12.3. The van der Waals surface area contributed by atoms with Gasteiger partial charge in [-0.2, -0.15) is 0 Å². The lowest BCUT2D eigenvalue weighted by Crippen LogP contribution is -2.17. The van der Waals surface area contributed by atoms with Crippen molar-refractivity contribution < 1.29 is 9.53 Å². The van der Waals surface area contributed by atoms with Crippen LogP contribution in [0, 0.1) is 5.92 Å². The minimum atomic E-state index is -0.534. The van der Waals surface area contributed by atoms with Gasteiger partial charge in [0.05, 0.1) is 12.9 Å². The van der Waals surface area contributed by atoms with Gasteiger partial charge in [0.2, 0.25) is 0 Å². The van der Waals surface area contributed by atoms with E-state index in [-0.39, 0.29) is 0 Å². The number of carbonyl (C=O) groups excluding carboxylic acids is 1. The number of anilines is 1. The number of carbonyl (C=O) groups is 1. The Bertz CT molecular complexity index is 522. The summed E-state index contributed by atoms with van der Waals surface area (Å²) in [5, 5.41) is 2.54. The highest BCUT2D eigenvalue weighted by molar-refractivity contribution is 5.92. The molecule has 17 heavy (non-hydrogen) atoms. The number of H-pyrrole nitrogens is 1. The number of nitrogens with zero attached hydrogens (tertiary/aromatic N) is 3. The van der Waals surface area contributed by atoms with E-state index in [9.17, 15) is 4.79 Å². The molecule has 0 radical (unpaired) electrons. The molecule has 90 valence electrons. The van der Waals surface area contributed by atoms with Crippen LogP contribution in [0.25, 0.3) is 11.2 Å². The molecule has 0 atom stereocenters. The van der Waals surface area contributed by atoms with Gasteiger partial charge in [0, 0.05) is 0 Å². The fourth-order valence-electron chi connectivity index (χ4n) is 1.23. The van der Waals surface area contributed by atoms with Crippen LogP contribution in [-0.4, -0.2) is 32.6 Å². The lowest BCUT2D eigenvalue weighted by Gasteiger charge is -2.08. The van der Waals surface area contributed by atoms with Gasteiger partial charge in [0.1, 0.15) is 11.8 Å². The predicted octanol–water partition coefficient (Wildman–Crippen LogP) is 1.56. The first-order valence-corrected chi connectivity index (χ1v) is 5.24. The van der Waals surface area contributed by atoms with Crippen molar-refractivity contribution in [1.29, 1.82) is 0 Å². The first-order chi connectivity index (χ1) is 8.16. The molecule has 1 amide bonds. The molecule has 0 saturated heterocycles. The molecule has 2 aromatic heterocycles. The van der Waals surface area contributed by atoms with Crippen LogP contribution in [0.1, 0.15) is 13.8 Å². The fraction of sp³-hybridized carbons (Fsp3) is 0.400. The summed E-state index contributed by atoms with van der Waals surface area (Å²) in [7, 11) is 0. The van der Waals surface area contributed by atoms with E-state index in [4.69, 9.17) is 4.74 Å². The molecule has 0 unspecified atom stereocenters. The van der Waals surface area contributed by atoms with Crippen molar-refractivity contribution in [1.82, 2.24) is 19.9 Å². The molecule has 7 nitrogen and oxygen atoms in total. The highest BCUT2D eigenvalue weighted by Gasteiger charge is 2.10. The smallest absolute Gasteiger partial charge is 0.412 e. The van der Waals surface area contributed by atoms with Crippen LogP contribution in [0.15, 0.2) is 12.7 Å². The number of imidazole rings is 1. The maximum absolute atomic E-state index is 11.5. The number of ether oxygens (including phenoxy) is 1.